The van der Waals surface area contributed by atoms with Gasteiger partial charge in [-0.25, -0.2) is 17.9 Å². The van der Waals surface area contributed by atoms with E-state index < -0.39 is 16.0 Å². The second-order valence-corrected chi connectivity index (χ2v) is 7.30. The van der Waals surface area contributed by atoms with E-state index in [-0.39, 0.29) is 22.9 Å². The SMILES string of the molecule is COC(=O)c1cc(S(=O)(=O)NCC2CCCNC2)ccc1C.Cl. The number of hydrogen-bond donors (Lipinski definition) is 2. The van der Waals surface area contributed by atoms with Crippen molar-refractivity contribution >= 4 is 28.4 Å². The van der Waals surface area contributed by atoms with Gasteiger partial charge < -0.3 is 10.1 Å². The molecule has 0 aliphatic carbocycles. The number of halogens is 1. The van der Waals surface area contributed by atoms with E-state index in [4.69, 9.17) is 0 Å². The predicted molar refractivity (Wildman–Crippen MR) is 90.5 cm³/mol. The molecule has 6 nitrogen and oxygen atoms in total. The van der Waals surface area contributed by atoms with Crippen molar-refractivity contribution in [1.29, 1.82) is 0 Å². The number of piperidine rings is 1. The molecule has 0 spiro atoms. The number of benzene rings is 1. The lowest BCUT2D eigenvalue weighted by molar-refractivity contribution is 0.0599. The number of rotatable bonds is 5. The number of esters is 1. The standard InChI is InChI=1S/C15H22N2O4S.ClH/c1-11-5-6-13(8-14(11)15(18)21-2)22(19,20)17-10-12-4-3-7-16-9-12;/h5-6,8,12,16-17H,3-4,7,9-10H2,1-2H3;1H. The van der Waals surface area contributed by atoms with Crippen LogP contribution < -0.4 is 10.0 Å². The third-order valence-corrected chi connectivity index (χ3v) is 5.31. The highest BCUT2D eigenvalue weighted by atomic mass is 35.5. The largest absolute Gasteiger partial charge is 0.465 e. The summed E-state index contributed by atoms with van der Waals surface area (Å²) in [5.74, 6) is -0.236. The number of carbonyl (C=O) groups is 1. The van der Waals surface area contributed by atoms with Crippen LogP contribution in [0.3, 0.4) is 0 Å². The molecule has 1 aliphatic rings. The van der Waals surface area contributed by atoms with Crippen molar-refractivity contribution in [2.45, 2.75) is 24.7 Å². The van der Waals surface area contributed by atoms with Crippen LogP contribution in [-0.2, 0) is 14.8 Å². The minimum absolute atomic E-state index is 0. The second-order valence-electron chi connectivity index (χ2n) is 5.53. The van der Waals surface area contributed by atoms with Gasteiger partial charge in [-0.05, 0) is 56.5 Å². The van der Waals surface area contributed by atoms with Crippen LogP contribution in [0.1, 0.15) is 28.8 Å². The summed E-state index contributed by atoms with van der Waals surface area (Å²) < 4.78 is 32.0. The Labute approximate surface area is 143 Å². The number of aryl methyl sites for hydroxylation is 1. The van der Waals surface area contributed by atoms with Crippen LogP contribution in [-0.4, -0.2) is 41.1 Å². The maximum atomic E-state index is 12.4. The number of sulfonamides is 1. The van der Waals surface area contributed by atoms with Crippen LogP contribution in [0.2, 0.25) is 0 Å². The molecule has 130 valence electrons. The molecule has 0 bridgehead atoms. The van der Waals surface area contributed by atoms with Crippen LogP contribution in [0.4, 0.5) is 0 Å². The first-order chi connectivity index (χ1) is 10.4. The molecule has 0 aromatic heterocycles. The zero-order valence-corrected chi connectivity index (χ0v) is 14.9. The normalized spacial score (nSPS) is 18.1. The van der Waals surface area contributed by atoms with E-state index in [0.717, 1.165) is 25.9 Å². The molecule has 1 atom stereocenters. The lowest BCUT2D eigenvalue weighted by Crippen LogP contribution is -2.38. The molecule has 1 heterocycles. The summed E-state index contributed by atoms with van der Waals surface area (Å²) in [6.45, 7) is 3.95. The van der Waals surface area contributed by atoms with Gasteiger partial charge in [-0.2, -0.15) is 0 Å². The average Bonchev–Trinajstić information content (AvgIpc) is 2.53. The smallest absolute Gasteiger partial charge is 0.338 e. The van der Waals surface area contributed by atoms with Gasteiger partial charge in [0.05, 0.1) is 17.6 Å². The van der Waals surface area contributed by atoms with Crippen molar-refractivity contribution in [3.63, 3.8) is 0 Å². The molecule has 0 amide bonds. The number of hydrogen-bond acceptors (Lipinski definition) is 5. The van der Waals surface area contributed by atoms with Crippen LogP contribution >= 0.6 is 12.4 Å². The molecule has 8 heteroatoms. The maximum Gasteiger partial charge on any atom is 0.338 e. The minimum atomic E-state index is -3.63. The summed E-state index contributed by atoms with van der Waals surface area (Å²) >= 11 is 0. The fourth-order valence-electron chi connectivity index (χ4n) is 2.51. The summed E-state index contributed by atoms with van der Waals surface area (Å²) in [5.41, 5.74) is 0.951. The van der Waals surface area contributed by atoms with Crippen LogP contribution in [0.15, 0.2) is 23.1 Å². The van der Waals surface area contributed by atoms with E-state index in [0.29, 0.717) is 18.0 Å². The molecule has 1 aromatic carbocycles. The zero-order chi connectivity index (χ0) is 16.2. The monoisotopic (exact) mass is 362 g/mol. The summed E-state index contributed by atoms with van der Waals surface area (Å²) in [6, 6.07) is 4.48. The topological polar surface area (TPSA) is 84.5 Å². The van der Waals surface area contributed by atoms with Crippen LogP contribution in [0.25, 0.3) is 0 Å². The first-order valence-corrected chi connectivity index (χ1v) is 8.81. The zero-order valence-electron chi connectivity index (χ0n) is 13.3. The fourth-order valence-corrected chi connectivity index (χ4v) is 3.65. The highest BCUT2D eigenvalue weighted by molar-refractivity contribution is 7.89. The van der Waals surface area contributed by atoms with E-state index in [2.05, 4.69) is 14.8 Å². The highest BCUT2D eigenvalue weighted by Crippen LogP contribution is 2.17. The van der Waals surface area contributed by atoms with Crippen molar-refractivity contribution in [2.75, 3.05) is 26.7 Å². The minimum Gasteiger partial charge on any atom is -0.465 e. The molecule has 23 heavy (non-hydrogen) atoms. The number of methoxy groups -OCH3 is 1. The first-order valence-electron chi connectivity index (χ1n) is 7.33. The van der Waals surface area contributed by atoms with E-state index in [1.165, 1.54) is 19.2 Å². The molecule has 2 N–H and O–H groups in total. The molecule has 2 rings (SSSR count). The summed E-state index contributed by atoms with van der Waals surface area (Å²) in [6.07, 6.45) is 2.07. The fraction of sp³-hybridized carbons (Fsp3) is 0.533. The molecular weight excluding hydrogens is 340 g/mol. The lowest BCUT2D eigenvalue weighted by atomic mass is 10.0. The average molecular weight is 363 g/mol. The Morgan fingerprint density at radius 1 is 1.43 bits per heavy atom. The van der Waals surface area contributed by atoms with Gasteiger partial charge in [0.25, 0.3) is 0 Å². The van der Waals surface area contributed by atoms with Gasteiger partial charge in [-0.1, -0.05) is 6.07 Å². The van der Waals surface area contributed by atoms with E-state index in [1.54, 1.807) is 13.0 Å². The van der Waals surface area contributed by atoms with Gasteiger partial charge in [0.2, 0.25) is 10.0 Å². The predicted octanol–water partition coefficient (Wildman–Crippen LogP) is 1.48. The Hall–Kier alpha value is -1.15. The van der Waals surface area contributed by atoms with Crippen molar-refractivity contribution in [3.8, 4) is 0 Å². The molecule has 1 aromatic rings. The summed E-state index contributed by atoms with van der Waals surface area (Å²) in [5, 5.41) is 3.25. The van der Waals surface area contributed by atoms with Gasteiger partial charge in [0, 0.05) is 6.54 Å². The quantitative estimate of drug-likeness (QED) is 0.775. The van der Waals surface area contributed by atoms with E-state index in [1.807, 2.05) is 0 Å². The lowest BCUT2D eigenvalue weighted by Gasteiger charge is -2.22. The van der Waals surface area contributed by atoms with Gasteiger partial charge in [0.1, 0.15) is 0 Å². The molecule has 0 saturated carbocycles. The number of ether oxygens (including phenoxy) is 1. The Bertz CT molecular complexity index is 643. The molecule has 1 fully saturated rings. The highest BCUT2D eigenvalue weighted by Gasteiger charge is 2.20. The van der Waals surface area contributed by atoms with Crippen LogP contribution in [0.5, 0.6) is 0 Å². The van der Waals surface area contributed by atoms with Gasteiger partial charge in [0.15, 0.2) is 0 Å². The van der Waals surface area contributed by atoms with E-state index in [9.17, 15) is 13.2 Å². The first kappa shape index (κ1) is 19.9. The van der Waals surface area contributed by atoms with E-state index >= 15 is 0 Å². The molecular formula is C15H23ClN2O4S. The Kier molecular flexibility index (Phi) is 7.47. The number of nitrogens with one attached hydrogen (secondary N) is 2. The Morgan fingerprint density at radius 3 is 2.78 bits per heavy atom. The van der Waals surface area contributed by atoms with Crippen molar-refractivity contribution in [1.82, 2.24) is 10.0 Å². The Morgan fingerprint density at radius 2 is 2.17 bits per heavy atom. The number of carbonyl (C=O) groups excluding carboxylic acids is 1. The molecule has 0 radical (unpaired) electrons. The second kappa shape index (κ2) is 8.63. The third kappa shape index (κ3) is 5.17. The van der Waals surface area contributed by atoms with Gasteiger partial charge in [-0.3, -0.25) is 0 Å². The molecule has 1 unspecified atom stereocenters. The summed E-state index contributed by atoms with van der Waals surface area (Å²) in [4.78, 5) is 11.8. The Balaban J connectivity index is 0.00000264. The van der Waals surface area contributed by atoms with Crippen molar-refractivity contribution < 1.29 is 17.9 Å². The summed E-state index contributed by atoms with van der Waals surface area (Å²) in [7, 11) is -2.35. The third-order valence-electron chi connectivity index (χ3n) is 3.89. The van der Waals surface area contributed by atoms with Gasteiger partial charge >= 0.3 is 5.97 Å². The maximum absolute atomic E-state index is 12.4. The van der Waals surface area contributed by atoms with Crippen molar-refractivity contribution in [2.24, 2.45) is 5.92 Å². The molecule has 1 saturated heterocycles. The van der Waals surface area contributed by atoms with Gasteiger partial charge in [-0.15, -0.1) is 12.4 Å². The van der Waals surface area contributed by atoms with Crippen molar-refractivity contribution in [3.05, 3.63) is 29.3 Å². The molecule has 1 aliphatic heterocycles. The van der Waals surface area contributed by atoms with Crippen LogP contribution in [0, 0.1) is 12.8 Å².